The molecule has 0 bridgehead atoms. The molecule has 176 valence electrons. The standard InChI is InChI=1S/C24H23F3N6O/c1-2-19-21(32-10-3-9-28-23(32)30-19)22(34)29-14-15-4-6-16(7-5-15)20-13-18-12-17(24(25,26)27)8-11-33(18)31-20/h3-7,9-10,13,17H,2,8,11-12,14H2,1H3,(H,29,34)/t17-/m0/s1. The first kappa shape index (κ1) is 22.1. The molecule has 1 aromatic carbocycles. The molecule has 1 aliphatic heterocycles. The molecule has 34 heavy (non-hydrogen) atoms. The zero-order valence-corrected chi connectivity index (χ0v) is 18.5. The van der Waals surface area contributed by atoms with E-state index in [0.29, 0.717) is 41.5 Å². The van der Waals surface area contributed by atoms with E-state index in [-0.39, 0.29) is 25.3 Å². The van der Waals surface area contributed by atoms with Crippen LogP contribution in [0, 0.1) is 5.92 Å². The Balaban J connectivity index is 1.27. The van der Waals surface area contributed by atoms with E-state index in [1.807, 2.05) is 31.2 Å². The average molecular weight is 468 g/mol. The number of imidazole rings is 1. The van der Waals surface area contributed by atoms with Crippen LogP contribution in [0.4, 0.5) is 13.2 Å². The van der Waals surface area contributed by atoms with Gasteiger partial charge in [0.2, 0.25) is 5.78 Å². The minimum Gasteiger partial charge on any atom is -0.347 e. The van der Waals surface area contributed by atoms with Crippen LogP contribution in [0.1, 0.15) is 40.8 Å². The largest absolute Gasteiger partial charge is 0.392 e. The molecule has 0 unspecified atom stereocenters. The second kappa shape index (κ2) is 8.58. The van der Waals surface area contributed by atoms with Gasteiger partial charge in [-0.25, -0.2) is 9.97 Å². The van der Waals surface area contributed by atoms with Crippen LogP contribution in [-0.2, 0) is 25.9 Å². The first-order valence-electron chi connectivity index (χ1n) is 11.2. The van der Waals surface area contributed by atoms with Gasteiger partial charge in [0, 0.05) is 43.2 Å². The maximum absolute atomic E-state index is 13.1. The number of benzene rings is 1. The molecule has 1 atom stereocenters. The monoisotopic (exact) mass is 468 g/mol. The van der Waals surface area contributed by atoms with E-state index in [9.17, 15) is 18.0 Å². The van der Waals surface area contributed by atoms with Crippen molar-refractivity contribution in [3.63, 3.8) is 0 Å². The molecule has 0 radical (unpaired) electrons. The fourth-order valence-electron chi connectivity index (χ4n) is 4.35. The van der Waals surface area contributed by atoms with Gasteiger partial charge in [-0.2, -0.15) is 18.3 Å². The second-order valence-corrected chi connectivity index (χ2v) is 8.41. The number of rotatable bonds is 5. The van der Waals surface area contributed by atoms with Gasteiger partial charge in [-0.05, 0) is 30.5 Å². The Hall–Kier alpha value is -3.69. The van der Waals surface area contributed by atoms with E-state index in [4.69, 9.17) is 0 Å². The van der Waals surface area contributed by atoms with Gasteiger partial charge in [0.25, 0.3) is 5.91 Å². The zero-order chi connectivity index (χ0) is 23.9. The Kier molecular flexibility index (Phi) is 5.59. The maximum atomic E-state index is 13.1. The molecule has 10 heteroatoms. The number of carbonyl (C=O) groups excluding carboxylic acids is 1. The molecule has 0 saturated carbocycles. The molecule has 0 spiro atoms. The molecule has 5 rings (SSSR count). The minimum absolute atomic E-state index is 0.0425. The first-order chi connectivity index (χ1) is 16.3. The van der Waals surface area contributed by atoms with Crippen molar-refractivity contribution in [1.82, 2.24) is 29.5 Å². The zero-order valence-electron chi connectivity index (χ0n) is 18.5. The molecule has 0 saturated heterocycles. The summed E-state index contributed by atoms with van der Waals surface area (Å²) in [5, 5.41) is 7.42. The van der Waals surface area contributed by atoms with Crippen LogP contribution in [0.3, 0.4) is 0 Å². The normalized spacial score (nSPS) is 15.9. The lowest BCUT2D eigenvalue weighted by molar-refractivity contribution is -0.179. The van der Waals surface area contributed by atoms with Crippen molar-refractivity contribution >= 4 is 11.7 Å². The SMILES string of the molecule is CCc1nc2ncccn2c1C(=O)NCc1ccc(-c2cc3n(n2)CC[C@H](C(F)(F)F)C3)cc1. The molecule has 4 heterocycles. The first-order valence-corrected chi connectivity index (χ1v) is 11.2. The van der Waals surface area contributed by atoms with E-state index in [1.54, 1.807) is 33.6 Å². The van der Waals surface area contributed by atoms with Crippen molar-refractivity contribution in [2.45, 2.75) is 45.5 Å². The van der Waals surface area contributed by atoms with Gasteiger partial charge in [-0.15, -0.1) is 0 Å². The number of amides is 1. The highest BCUT2D eigenvalue weighted by Gasteiger charge is 2.41. The number of nitrogens with one attached hydrogen (secondary N) is 1. The van der Waals surface area contributed by atoms with Gasteiger partial charge in [-0.1, -0.05) is 31.2 Å². The number of carbonyl (C=O) groups is 1. The van der Waals surface area contributed by atoms with Crippen LogP contribution in [0.25, 0.3) is 17.0 Å². The number of nitrogens with zero attached hydrogens (tertiary/aromatic N) is 5. The van der Waals surface area contributed by atoms with Crippen LogP contribution < -0.4 is 5.32 Å². The molecule has 1 aliphatic rings. The van der Waals surface area contributed by atoms with E-state index in [2.05, 4.69) is 20.4 Å². The Morgan fingerprint density at radius 3 is 2.76 bits per heavy atom. The van der Waals surface area contributed by atoms with Crippen molar-refractivity contribution < 1.29 is 18.0 Å². The van der Waals surface area contributed by atoms with Crippen molar-refractivity contribution in [3.05, 3.63) is 71.4 Å². The van der Waals surface area contributed by atoms with Crippen molar-refractivity contribution in [1.29, 1.82) is 0 Å². The third-order valence-corrected chi connectivity index (χ3v) is 6.20. The Labute approximate surface area is 193 Å². The summed E-state index contributed by atoms with van der Waals surface area (Å²) in [5.74, 6) is -1.06. The van der Waals surface area contributed by atoms with Crippen molar-refractivity contribution in [2.24, 2.45) is 5.92 Å². The van der Waals surface area contributed by atoms with Gasteiger partial charge in [0.15, 0.2) is 0 Å². The molecular weight excluding hydrogens is 445 g/mol. The summed E-state index contributed by atoms with van der Waals surface area (Å²) in [4.78, 5) is 21.5. The van der Waals surface area contributed by atoms with Gasteiger partial charge in [0.05, 0.1) is 17.3 Å². The highest BCUT2D eigenvalue weighted by atomic mass is 19.4. The number of hydrogen-bond acceptors (Lipinski definition) is 4. The number of fused-ring (bicyclic) bond motifs is 2. The molecule has 0 aliphatic carbocycles. The summed E-state index contributed by atoms with van der Waals surface area (Å²) in [7, 11) is 0. The number of alkyl halides is 3. The predicted molar refractivity (Wildman–Crippen MR) is 119 cm³/mol. The van der Waals surface area contributed by atoms with Crippen molar-refractivity contribution in [3.8, 4) is 11.3 Å². The smallest absolute Gasteiger partial charge is 0.347 e. The summed E-state index contributed by atoms with van der Waals surface area (Å²) < 4.78 is 42.6. The lowest BCUT2D eigenvalue weighted by Crippen LogP contribution is -2.31. The fraction of sp³-hybridized carbons (Fsp3) is 0.333. The third kappa shape index (κ3) is 4.15. The second-order valence-electron chi connectivity index (χ2n) is 8.41. The topological polar surface area (TPSA) is 77.1 Å². The summed E-state index contributed by atoms with van der Waals surface area (Å²) in [5.41, 5.74) is 4.13. The molecule has 4 aromatic rings. The van der Waals surface area contributed by atoms with Gasteiger partial charge < -0.3 is 5.32 Å². The lowest BCUT2D eigenvalue weighted by Gasteiger charge is -2.25. The van der Waals surface area contributed by atoms with E-state index < -0.39 is 12.1 Å². The Morgan fingerprint density at radius 1 is 1.24 bits per heavy atom. The van der Waals surface area contributed by atoms with Crippen LogP contribution in [0.5, 0.6) is 0 Å². The van der Waals surface area contributed by atoms with Gasteiger partial charge >= 0.3 is 6.18 Å². The molecule has 3 aromatic heterocycles. The Morgan fingerprint density at radius 2 is 2.03 bits per heavy atom. The molecular formula is C24H23F3N6O. The Bertz CT molecular complexity index is 1340. The van der Waals surface area contributed by atoms with Crippen molar-refractivity contribution in [2.75, 3.05) is 0 Å². The van der Waals surface area contributed by atoms with Gasteiger partial charge in [-0.3, -0.25) is 13.9 Å². The van der Waals surface area contributed by atoms with Crippen LogP contribution >= 0.6 is 0 Å². The van der Waals surface area contributed by atoms with Crippen LogP contribution in [-0.4, -0.2) is 36.2 Å². The fourth-order valence-corrected chi connectivity index (χ4v) is 4.35. The quantitative estimate of drug-likeness (QED) is 0.476. The summed E-state index contributed by atoms with van der Waals surface area (Å²) >= 11 is 0. The minimum atomic E-state index is -4.18. The third-order valence-electron chi connectivity index (χ3n) is 6.20. The van der Waals surface area contributed by atoms with Crippen LogP contribution in [0.15, 0.2) is 48.8 Å². The van der Waals surface area contributed by atoms with E-state index >= 15 is 0 Å². The predicted octanol–water partition coefficient (Wildman–Crippen LogP) is 4.21. The maximum Gasteiger partial charge on any atom is 0.392 e. The van der Waals surface area contributed by atoms with Gasteiger partial charge in [0.1, 0.15) is 5.69 Å². The number of halogens is 3. The lowest BCUT2D eigenvalue weighted by atomic mass is 9.95. The van der Waals surface area contributed by atoms with E-state index in [0.717, 1.165) is 11.1 Å². The molecule has 1 amide bonds. The average Bonchev–Trinajstić information content (AvgIpc) is 3.43. The molecule has 0 fully saturated rings. The summed E-state index contributed by atoms with van der Waals surface area (Å²) in [6.07, 6.45) is -0.161. The van der Waals surface area contributed by atoms with E-state index in [1.165, 1.54) is 0 Å². The van der Waals surface area contributed by atoms with Crippen LogP contribution in [0.2, 0.25) is 0 Å². The highest BCUT2D eigenvalue weighted by molar-refractivity contribution is 5.94. The number of aromatic nitrogens is 5. The number of hydrogen-bond donors (Lipinski definition) is 1. The summed E-state index contributed by atoms with van der Waals surface area (Å²) in [6.45, 7) is 2.53. The molecule has 7 nitrogen and oxygen atoms in total. The summed E-state index contributed by atoms with van der Waals surface area (Å²) in [6, 6.07) is 11.0. The number of aryl methyl sites for hydroxylation is 2. The highest BCUT2D eigenvalue weighted by Crippen LogP contribution is 2.35. The molecule has 1 N–H and O–H groups in total.